The molecule has 0 aliphatic rings. The zero-order valence-corrected chi connectivity index (χ0v) is 19.1. The van der Waals surface area contributed by atoms with Crippen LogP contribution in [0.5, 0.6) is 11.5 Å². The van der Waals surface area contributed by atoms with E-state index >= 15 is 0 Å². The monoisotopic (exact) mass is 422 g/mol. The van der Waals surface area contributed by atoms with Gasteiger partial charge in [-0.3, -0.25) is 0 Å². The summed E-state index contributed by atoms with van der Waals surface area (Å²) in [6.45, 7) is 5.27. The van der Waals surface area contributed by atoms with Crippen LogP contribution < -0.4 is 9.47 Å². The van der Waals surface area contributed by atoms with Crippen molar-refractivity contribution in [2.45, 2.75) is 78.1 Å². The van der Waals surface area contributed by atoms with Gasteiger partial charge in [-0.05, 0) is 25.0 Å². The van der Waals surface area contributed by atoms with E-state index < -0.39 is 11.9 Å². The van der Waals surface area contributed by atoms with Crippen LogP contribution in [0, 0.1) is 0 Å². The lowest BCUT2D eigenvalue weighted by atomic mass is 10.1. The van der Waals surface area contributed by atoms with Gasteiger partial charge in [0, 0.05) is 0 Å². The van der Waals surface area contributed by atoms with Crippen LogP contribution in [0.1, 0.15) is 98.8 Å². The van der Waals surface area contributed by atoms with Crippen LogP contribution in [0.2, 0.25) is 0 Å². The molecule has 0 radical (unpaired) electrons. The number of methoxy groups -OCH3 is 2. The Labute approximate surface area is 181 Å². The molecule has 0 fully saturated rings. The van der Waals surface area contributed by atoms with Crippen LogP contribution in [-0.2, 0) is 9.47 Å². The molecule has 0 saturated carbocycles. The third kappa shape index (κ3) is 9.06. The summed E-state index contributed by atoms with van der Waals surface area (Å²) in [5.41, 5.74) is 0.499. The average Bonchev–Trinajstić information content (AvgIpc) is 2.77. The molecule has 0 saturated heterocycles. The molecule has 0 unspecified atom stereocenters. The van der Waals surface area contributed by atoms with Gasteiger partial charge in [-0.25, -0.2) is 9.59 Å². The number of hydrogen-bond donors (Lipinski definition) is 0. The number of benzene rings is 1. The van der Waals surface area contributed by atoms with Crippen LogP contribution in [0.25, 0.3) is 0 Å². The Hall–Kier alpha value is -2.24. The van der Waals surface area contributed by atoms with Crippen LogP contribution in [0.15, 0.2) is 12.1 Å². The highest BCUT2D eigenvalue weighted by atomic mass is 16.5. The SMILES string of the molecule is CCCCCCCOc1cc(C(=O)OC)c(OCCCCCCC)cc1C(=O)OC. The smallest absolute Gasteiger partial charge is 0.341 e. The van der Waals surface area contributed by atoms with Gasteiger partial charge in [-0.15, -0.1) is 0 Å². The Kier molecular flexibility index (Phi) is 13.4. The molecule has 1 aromatic carbocycles. The molecular formula is C24H38O6. The van der Waals surface area contributed by atoms with E-state index in [1.54, 1.807) is 0 Å². The zero-order chi connectivity index (χ0) is 22.2. The summed E-state index contributed by atoms with van der Waals surface area (Å²) in [6, 6.07) is 3.05. The molecule has 170 valence electrons. The quantitative estimate of drug-likeness (QED) is 0.242. The van der Waals surface area contributed by atoms with E-state index in [0.29, 0.717) is 24.7 Å². The largest absolute Gasteiger partial charge is 0.493 e. The fourth-order valence-corrected chi connectivity index (χ4v) is 3.11. The predicted octanol–water partition coefficient (Wildman–Crippen LogP) is 5.96. The minimum Gasteiger partial charge on any atom is -0.493 e. The standard InChI is InChI=1S/C24H38O6/c1-5-7-9-11-13-15-29-21-17-20(24(26)28-4)22(18-19(21)23(25)27-3)30-16-14-12-10-8-6-2/h17-18H,5-16H2,1-4H3. The van der Waals surface area contributed by atoms with E-state index in [1.807, 2.05) is 0 Å². The van der Waals surface area contributed by atoms with Crippen molar-refractivity contribution in [2.24, 2.45) is 0 Å². The first-order valence-corrected chi connectivity index (χ1v) is 11.2. The Balaban J connectivity index is 2.92. The lowest BCUT2D eigenvalue weighted by Crippen LogP contribution is -2.12. The summed E-state index contributed by atoms with van der Waals surface area (Å²) in [5, 5.41) is 0. The maximum atomic E-state index is 12.3. The lowest BCUT2D eigenvalue weighted by Gasteiger charge is -2.16. The van der Waals surface area contributed by atoms with Crippen molar-refractivity contribution in [3.05, 3.63) is 23.3 Å². The van der Waals surface area contributed by atoms with Crippen LogP contribution >= 0.6 is 0 Å². The van der Waals surface area contributed by atoms with Crippen LogP contribution in [-0.4, -0.2) is 39.4 Å². The molecule has 1 rings (SSSR count). The van der Waals surface area contributed by atoms with E-state index in [1.165, 1.54) is 52.0 Å². The summed E-state index contributed by atoms with van der Waals surface area (Å²) in [5.74, 6) is -0.429. The molecule has 0 atom stereocenters. The van der Waals surface area contributed by atoms with Crippen molar-refractivity contribution < 1.29 is 28.5 Å². The molecule has 0 aliphatic carbocycles. The van der Waals surface area contributed by atoms with Crippen LogP contribution in [0.3, 0.4) is 0 Å². The van der Waals surface area contributed by atoms with Gasteiger partial charge in [0.1, 0.15) is 22.6 Å². The second kappa shape index (κ2) is 15.6. The van der Waals surface area contributed by atoms with Crippen molar-refractivity contribution >= 4 is 11.9 Å². The van der Waals surface area contributed by atoms with E-state index in [2.05, 4.69) is 13.8 Å². The molecule has 0 spiro atoms. The van der Waals surface area contributed by atoms with Crippen molar-refractivity contribution in [3.8, 4) is 11.5 Å². The van der Waals surface area contributed by atoms with Crippen molar-refractivity contribution in [1.82, 2.24) is 0 Å². The van der Waals surface area contributed by atoms with Gasteiger partial charge in [0.15, 0.2) is 0 Å². The first-order chi connectivity index (χ1) is 14.6. The van der Waals surface area contributed by atoms with E-state index in [4.69, 9.17) is 18.9 Å². The molecule has 30 heavy (non-hydrogen) atoms. The molecule has 0 aliphatic heterocycles. The van der Waals surface area contributed by atoms with Crippen molar-refractivity contribution in [1.29, 1.82) is 0 Å². The predicted molar refractivity (Wildman–Crippen MR) is 118 cm³/mol. The molecule has 0 N–H and O–H groups in total. The van der Waals surface area contributed by atoms with Gasteiger partial charge in [0.25, 0.3) is 0 Å². The molecule has 6 nitrogen and oxygen atoms in total. The topological polar surface area (TPSA) is 71.1 Å². The number of carbonyl (C=O) groups is 2. The second-order valence-corrected chi connectivity index (χ2v) is 7.35. The molecule has 0 bridgehead atoms. The molecule has 6 heteroatoms. The van der Waals surface area contributed by atoms with Gasteiger partial charge in [-0.2, -0.15) is 0 Å². The first kappa shape index (κ1) is 25.8. The fourth-order valence-electron chi connectivity index (χ4n) is 3.11. The molecule has 0 heterocycles. The summed E-state index contributed by atoms with van der Waals surface area (Å²) < 4.78 is 21.5. The minimum absolute atomic E-state index is 0.250. The summed E-state index contributed by atoms with van der Waals surface area (Å²) in [7, 11) is 2.64. The first-order valence-electron chi connectivity index (χ1n) is 11.2. The maximum absolute atomic E-state index is 12.3. The van der Waals surface area contributed by atoms with Gasteiger partial charge in [0.05, 0.1) is 27.4 Å². The van der Waals surface area contributed by atoms with E-state index in [9.17, 15) is 9.59 Å². The number of ether oxygens (including phenoxy) is 4. The molecule has 0 aromatic heterocycles. The molecule has 0 amide bonds. The van der Waals surface area contributed by atoms with Crippen LogP contribution in [0.4, 0.5) is 0 Å². The summed E-state index contributed by atoms with van der Waals surface area (Å²) in [4.78, 5) is 24.6. The highest BCUT2D eigenvalue weighted by Crippen LogP contribution is 2.31. The fraction of sp³-hybridized carbons (Fsp3) is 0.667. The van der Waals surface area contributed by atoms with Gasteiger partial charge in [-0.1, -0.05) is 65.2 Å². The summed E-state index contributed by atoms with van der Waals surface area (Å²) >= 11 is 0. The third-order valence-corrected chi connectivity index (χ3v) is 4.90. The highest BCUT2D eigenvalue weighted by molar-refractivity contribution is 5.98. The van der Waals surface area contributed by atoms with Gasteiger partial charge >= 0.3 is 11.9 Å². The molecular weight excluding hydrogens is 384 g/mol. The second-order valence-electron chi connectivity index (χ2n) is 7.35. The van der Waals surface area contributed by atoms with Gasteiger partial charge in [0.2, 0.25) is 0 Å². The molecule has 1 aromatic rings. The Morgan fingerprint density at radius 1 is 0.633 bits per heavy atom. The lowest BCUT2D eigenvalue weighted by molar-refractivity contribution is 0.0578. The Morgan fingerprint density at radius 2 is 1.00 bits per heavy atom. The Morgan fingerprint density at radius 3 is 1.33 bits per heavy atom. The highest BCUT2D eigenvalue weighted by Gasteiger charge is 2.22. The normalized spacial score (nSPS) is 10.5. The van der Waals surface area contributed by atoms with Crippen molar-refractivity contribution in [3.63, 3.8) is 0 Å². The average molecular weight is 423 g/mol. The number of rotatable bonds is 16. The maximum Gasteiger partial charge on any atom is 0.341 e. The number of esters is 2. The third-order valence-electron chi connectivity index (χ3n) is 4.90. The van der Waals surface area contributed by atoms with E-state index in [-0.39, 0.29) is 11.1 Å². The number of carbonyl (C=O) groups excluding carboxylic acids is 2. The van der Waals surface area contributed by atoms with E-state index in [0.717, 1.165) is 38.5 Å². The summed E-state index contributed by atoms with van der Waals surface area (Å²) in [6.07, 6.45) is 10.9. The van der Waals surface area contributed by atoms with Gasteiger partial charge < -0.3 is 18.9 Å². The number of hydrogen-bond acceptors (Lipinski definition) is 6. The minimum atomic E-state index is -0.528. The van der Waals surface area contributed by atoms with Crippen molar-refractivity contribution in [2.75, 3.05) is 27.4 Å². The zero-order valence-electron chi connectivity index (χ0n) is 19.1. The number of unbranched alkanes of at least 4 members (excludes halogenated alkanes) is 8. The Bertz CT molecular complexity index is 585.